The highest BCUT2D eigenvalue weighted by molar-refractivity contribution is 5.26. The quantitative estimate of drug-likeness (QED) is 0.728. The Hall–Kier alpha value is -2.04. The highest BCUT2D eigenvalue weighted by atomic mass is 15.2. The largest absolute Gasteiger partial charge is 0.279 e. The van der Waals surface area contributed by atoms with E-state index in [0.717, 1.165) is 6.54 Å². The van der Waals surface area contributed by atoms with Gasteiger partial charge in [0.1, 0.15) is 0 Å². The smallest absolute Gasteiger partial charge is 0.0973 e. The normalized spacial score (nSPS) is 12.3. The molecule has 2 rings (SSSR count). The van der Waals surface area contributed by atoms with Crippen LogP contribution < -0.4 is 0 Å². The van der Waals surface area contributed by atoms with Gasteiger partial charge in [0, 0.05) is 12.6 Å². The number of hydrogen-bond donors (Lipinski definition) is 0. The Labute approximate surface area is 122 Å². The Morgan fingerprint density at radius 2 is 1.50 bits per heavy atom. The van der Waals surface area contributed by atoms with E-state index in [4.69, 9.17) is 6.42 Å². The molecule has 20 heavy (non-hydrogen) atoms. The molecule has 0 N–H and O–H groups in total. The Kier molecular flexibility index (Phi) is 4.98. The molecule has 0 spiro atoms. The van der Waals surface area contributed by atoms with Gasteiger partial charge in [0.25, 0.3) is 0 Å². The summed E-state index contributed by atoms with van der Waals surface area (Å²) in [7, 11) is 0. The van der Waals surface area contributed by atoms with E-state index in [2.05, 4.69) is 61.1 Å². The maximum absolute atomic E-state index is 5.81. The summed E-state index contributed by atoms with van der Waals surface area (Å²) < 4.78 is 0. The van der Waals surface area contributed by atoms with Crippen molar-refractivity contribution in [3.05, 3.63) is 71.8 Å². The molecule has 1 heteroatoms. The van der Waals surface area contributed by atoms with Gasteiger partial charge in [0.05, 0.1) is 6.04 Å². The van der Waals surface area contributed by atoms with Crippen LogP contribution in [0.2, 0.25) is 0 Å². The van der Waals surface area contributed by atoms with Crippen molar-refractivity contribution in [2.75, 3.05) is 0 Å². The van der Waals surface area contributed by atoms with Crippen molar-refractivity contribution in [2.45, 2.75) is 32.5 Å². The van der Waals surface area contributed by atoms with Gasteiger partial charge in [-0.2, -0.15) is 0 Å². The lowest BCUT2D eigenvalue weighted by molar-refractivity contribution is 0.179. The van der Waals surface area contributed by atoms with Crippen molar-refractivity contribution in [1.82, 2.24) is 4.90 Å². The van der Waals surface area contributed by atoms with Gasteiger partial charge >= 0.3 is 0 Å². The van der Waals surface area contributed by atoms with Crippen LogP contribution in [-0.2, 0) is 6.54 Å². The summed E-state index contributed by atoms with van der Waals surface area (Å²) in [5.74, 6) is 2.95. The zero-order chi connectivity index (χ0) is 14.4. The molecule has 0 heterocycles. The average molecular weight is 263 g/mol. The Morgan fingerprint density at radius 1 is 0.950 bits per heavy atom. The average Bonchev–Trinajstić information content (AvgIpc) is 2.49. The summed E-state index contributed by atoms with van der Waals surface area (Å²) >= 11 is 0. The van der Waals surface area contributed by atoms with Crippen molar-refractivity contribution in [1.29, 1.82) is 0 Å². The molecule has 0 saturated carbocycles. The monoisotopic (exact) mass is 263 g/mol. The van der Waals surface area contributed by atoms with E-state index in [-0.39, 0.29) is 6.04 Å². The van der Waals surface area contributed by atoms with Gasteiger partial charge in [-0.3, -0.25) is 4.90 Å². The molecule has 0 aliphatic rings. The summed E-state index contributed by atoms with van der Waals surface area (Å²) in [6.07, 6.45) is 5.81. The first kappa shape index (κ1) is 14.4. The van der Waals surface area contributed by atoms with Crippen molar-refractivity contribution in [2.24, 2.45) is 0 Å². The van der Waals surface area contributed by atoms with Gasteiger partial charge in [0.15, 0.2) is 0 Å². The van der Waals surface area contributed by atoms with Gasteiger partial charge in [-0.25, -0.2) is 0 Å². The summed E-state index contributed by atoms with van der Waals surface area (Å²) in [6, 6.07) is 21.2. The Balaban J connectivity index is 2.26. The van der Waals surface area contributed by atoms with Crippen LogP contribution in [-0.4, -0.2) is 10.9 Å². The van der Waals surface area contributed by atoms with Gasteiger partial charge in [-0.05, 0) is 25.0 Å². The Morgan fingerprint density at radius 3 is 2.00 bits per heavy atom. The van der Waals surface area contributed by atoms with E-state index in [1.165, 1.54) is 11.1 Å². The topological polar surface area (TPSA) is 3.24 Å². The molecule has 0 bridgehead atoms. The van der Waals surface area contributed by atoms with Gasteiger partial charge in [-0.1, -0.05) is 66.6 Å². The second-order valence-electron chi connectivity index (χ2n) is 5.23. The minimum Gasteiger partial charge on any atom is -0.279 e. The number of nitrogens with zero attached hydrogens (tertiary/aromatic N) is 1. The van der Waals surface area contributed by atoms with E-state index >= 15 is 0 Å². The molecule has 2 aromatic rings. The van der Waals surface area contributed by atoms with E-state index in [1.807, 2.05) is 24.3 Å². The molecule has 102 valence electrons. The first-order valence-corrected chi connectivity index (χ1v) is 7.03. The predicted molar refractivity (Wildman–Crippen MR) is 85.1 cm³/mol. The van der Waals surface area contributed by atoms with Crippen LogP contribution in [0.4, 0.5) is 0 Å². The molecule has 0 radical (unpaired) electrons. The third-order valence-corrected chi connectivity index (χ3v) is 3.48. The van der Waals surface area contributed by atoms with Crippen LogP contribution in [0.5, 0.6) is 0 Å². The molecule has 2 aromatic carbocycles. The lowest BCUT2D eigenvalue weighted by Gasteiger charge is -2.32. The molecular weight excluding hydrogens is 242 g/mol. The highest BCUT2D eigenvalue weighted by Crippen LogP contribution is 2.24. The van der Waals surface area contributed by atoms with E-state index in [9.17, 15) is 0 Å². The molecule has 0 amide bonds. The first-order valence-electron chi connectivity index (χ1n) is 7.03. The second kappa shape index (κ2) is 6.93. The van der Waals surface area contributed by atoms with Crippen LogP contribution in [0.1, 0.15) is 31.0 Å². The molecule has 1 unspecified atom stereocenters. The van der Waals surface area contributed by atoms with Crippen LogP contribution in [0.3, 0.4) is 0 Å². The summed E-state index contributed by atoms with van der Waals surface area (Å²) in [5.41, 5.74) is 2.47. The zero-order valence-electron chi connectivity index (χ0n) is 12.2. The summed E-state index contributed by atoms with van der Waals surface area (Å²) in [5, 5.41) is 0. The lowest BCUT2D eigenvalue weighted by atomic mass is 10.0. The Bertz CT molecular complexity index is 551. The maximum atomic E-state index is 5.81. The van der Waals surface area contributed by atoms with Gasteiger partial charge < -0.3 is 0 Å². The first-order chi connectivity index (χ1) is 9.72. The van der Waals surface area contributed by atoms with Crippen LogP contribution in [0.15, 0.2) is 60.7 Å². The summed E-state index contributed by atoms with van der Waals surface area (Å²) in [6.45, 7) is 5.24. The summed E-state index contributed by atoms with van der Waals surface area (Å²) in [4.78, 5) is 2.35. The minimum absolute atomic E-state index is 0.0106. The fourth-order valence-corrected chi connectivity index (χ4v) is 2.39. The molecule has 0 fully saturated rings. The third-order valence-electron chi connectivity index (χ3n) is 3.48. The van der Waals surface area contributed by atoms with Crippen molar-refractivity contribution in [3.63, 3.8) is 0 Å². The molecule has 0 aliphatic heterocycles. The molecule has 0 aromatic heterocycles. The van der Waals surface area contributed by atoms with Crippen molar-refractivity contribution < 1.29 is 0 Å². The molecule has 1 nitrogen and oxygen atoms in total. The number of benzene rings is 2. The molecule has 0 aliphatic carbocycles. The number of hydrogen-bond acceptors (Lipinski definition) is 1. The zero-order valence-corrected chi connectivity index (χ0v) is 12.2. The van der Waals surface area contributed by atoms with E-state index < -0.39 is 0 Å². The van der Waals surface area contributed by atoms with Crippen LogP contribution in [0.25, 0.3) is 0 Å². The lowest BCUT2D eigenvalue weighted by Crippen LogP contribution is -2.33. The highest BCUT2D eigenvalue weighted by Gasteiger charge is 2.20. The fraction of sp³-hybridized carbons (Fsp3) is 0.263. The number of terminal acetylenes is 1. The molecule has 1 atom stereocenters. The molecule has 0 saturated heterocycles. The van der Waals surface area contributed by atoms with Crippen molar-refractivity contribution in [3.8, 4) is 12.3 Å². The maximum Gasteiger partial charge on any atom is 0.0973 e. The predicted octanol–water partition coefficient (Wildman–Crippen LogP) is 4.27. The van der Waals surface area contributed by atoms with E-state index in [1.54, 1.807) is 0 Å². The van der Waals surface area contributed by atoms with Gasteiger partial charge in [-0.15, -0.1) is 6.42 Å². The van der Waals surface area contributed by atoms with Crippen LogP contribution in [0, 0.1) is 12.3 Å². The third kappa shape index (κ3) is 3.50. The van der Waals surface area contributed by atoms with Crippen LogP contribution >= 0.6 is 0 Å². The van der Waals surface area contributed by atoms with Gasteiger partial charge in [0.2, 0.25) is 0 Å². The fourth-order valence-electron chi connectivity index (χ4n) is 2.39. The van der Waals surface area contributed by atoms with E-state index in [0.29, 0.717) is 6.04 Å². The number of rotatable bonds is 5. The standard InChI is InChI=1S/C19H21N/c1-4-19(18-13-9-6-10-14-18)20(16(2)3)15-17-11-7-5-8-12-17/h1,5-14,16,19H,15H2,2-3H3. The second-order valence-corrected chi connectivity index (χ2v) is 5.23. The SMILES string of the molecule is C#CC(c1ccccc1)N(Cc1ccccc1)C(C)C. The minimum atomic E-state index is 0.0106. The van der Waals surface area contributed by atoms with Crippen molar-refractivity contribution >= 4 is 0 Å². The molecular formula is C19H21N.